The molecule has 1 aromatic heterocycles. The molecule has 0 aromatic carbocycles. The Bertz CT molecular complexity index is 708. The topological polar surface area (TPSA) is 71.9 Å². The van der Waals surface area contributed by atoms with Gasteiger partial charge >= 0.3 is 6.09 Å². The summed E-state index contributed by atoms with van der Waals surface area (Å²) in [7, 11) is 0. The molecule has 0 saturated carbocycles. The summed E-state index contributed by atoms with van der Waals surface area (Å²) in [6.07, 6.45) is 3.66. The molecule has 24 heavy (non-hydrogen) atoms. The molecule has 2 rings (SSSR count). The molecule has 0 radical (unpaired) electrons. The summed E-state index contributed by atoms with van der Waals surface area (Å²) in [5, 5.41) is 0. The van der Waals surface area contributed by atoms with Crippen LogP contribution in [-0.2, 0) is 4.74 Å². The fraction of sp³-hybridized carbons (Fsp3) is 0.412. The van der Waals surface area contributed by atoms with E-state index in [1.165, 1.54) is 18.3 Å². The van der Waals surface area contributed by atoms with Crippen LogP contribution in [0.4, 0.5) is 15.0 Å². The third kappa shape index (κ3) is 4.24. The summed E-state index contributed by atoms with van der Waals surface area (Å²) in [6.45, 7) is 7.15. The van der Waals surface area contributed by atoms with Gasteiger partial charge in [0.25, 0.3) is 0 Å². The third-order valence-electron chi connectivity index (χ3n) is 3.18. The minimum absolute atomic E-state index is 0.0274. The van der Waals surface area contributed by atoms with Gasteiger partial charge in [-0.1, -0.05) is 6.08 Å². The number of carbonyl (C=O) groups is 2. The Morgan fingerprint density at radius 3 is 2.62 bits per heavy atom. The number of carbonyl (C=O) groups excluding carboxylic acids is 2. The second kappa shape index (κ2) is 6.90. The molecule has 0 bridgehead atoms. The Labute approximate surface area is 140 Å². The molecule has 6 nitrogen and oxygen atoms in total. The van der Waals surface area contributed by atoms with Crippen molar-refractivity contribution in [3.63, 3.8) is 0 Å². The Balaban J connectivity index is 2.43. The number of aromatic nitrogens is 1. The van der Waals surface area contributed by atoms with Crippen molar-refractivity contribution in [1.29, 1.82) is 0 Å². The number of aldehydes is 1. The van der Waals surface area contributed by atoms with Crippen molar-refractivity contribution < 1.29 is 18.7 Å². The van der Waals surface area contributed by atoms with Gasteiger partial charge in [-0.3, -0.25) is 9.79 Å². The molecule has 1 aromatic rings. The lowest BCUT2D eigenvalue weighted by Crippen LogP contribution is -2.38. The van der Waals surface area contributed by atoms with Gasteiger partial charge in [-0.15, -0.1) is 0 Å². The van der Waals surface area contributed by atoms with Crippen LogP contribution >= 0.6 is 0 Å². The molecule has 128 valence electrons. The summed E-state index contributed by atoms with van der Waals surface area (Å²) < 4.78 is 19.3. The Kier molecular flexibility index (Phi) is 5.11. The van der Waals surface area contributed by atoms with Gasteiger partial charge in [0.1, 0.15) is 11.4 Å². The number of anilines is 1. The third-order valence-corrected chi connectivity index (χ3v) is 3.18. The number of aliphatic imine (C=N–C) groups is 1. The van der Waals surface area contributed by atoms with Crippen LogP contribution in [0.25, 0.3) is 0 Å². The maximum absolute atomic E-state index is 13.9. The van der Waals surface area contributed by atoms with E-state index in [2.05, 4.69) is 9.98 Å². The van der Waals surface area contributed by atoms with Crippen LogP contribution in [0.3, 0.4) is 0 Å². The van der Waals surface area contributed by atoms with Crippen molar-refractivity contribution in [2.45, 2.75) is 45.8 Å². The number of ether oxygens (including phenoxy) is 1. The molecule has 0 saturated heterocycles. The van der Waals surface area contributed by atoms with Gasteiger partial charge in [0.05, 0.1) is 17.3 Å². The summed E-state index contributed by atoms with van der Waals surface area (Å²) in [5.74, 6) is -0.919. The van der Waals surface area contributed by atoms with Gasteiger partial charge in [0.2, 0.25) is 5.95 Å². The average Bonchev–Trinajstić information content (AvgIpc) is 2.48. The van der Waals surface area contributed by atoms with Crippen LogP contribution < -0.4 is 4.90 Å². The molecule has 0 aliphatic carbocycles. The van der Waals surface area contributed by atoms with E-state index < -0.39 is 17.6 Å². The molecule has 0 fully saturated rings. The lowest BCUT2D eigenvalue weighted by atomic mass is 10.1. The standard InChI is InChI=1S/C17H20FN3O3/c1-11-5-7-13(9-19-11)21(16(23)24-17(2,3)4)14-8-6-12(10-22)15(18)20-14/h6-11H,5H2,1-4H3. The van der Waals surface area contributed by atoms with Gasteiger partial charge < -0.3 is 4.74 Å². The van der Waals surface area contributed by atoms with Gasteiger partial charge in [-0.25, -0.2) is 14.7 Å². The summed E-state index contributed by atoms with van der Waals surface area (Å²) >= 11 is 0. The van der Waals surface area contributed by atoms with Crippen molar-refractivity contribution in [1.82, 2.24) is 4.98 Å². The SMILES string of the molecule is CC1CC=C(N(C(=O)OC(C)(C)C)c2ccc(C=O)c(F)n2)C=N1. The van der Waals surface area contributed by atoms with Crippen molar-refractivity contribution >= 4 is 24.4 Å². The van der Waals surface area contributed by atoms with Gasteiger partial charge in [-0.05, 0) is 46.2 Å². The first-order valence-corrected chi connectivity index (χ1v) is 7.59. The normalized spacial score (nSPS) is 17.2. The van der Waals surface area contributed by atoms with E-state index in [-0.39, 0.29) is 17.4 Å². The Morgan fingerprint density at radius 2 is 2.12 bits per heavy atom. The number of hydrogen-bond donors (Lipinski definition) is 0. The van der Waals surface area contributed by atoms with Crippen molar-refractivity contribution in [2.75, 3.05) is 4.90 Å². The van der Waals surface area contributed by atoms with Crippen molar-refractivity contribution in [3.8, 4) is 0 Å². The summed E-state index contributed by atoms with van der Waals surface area (Å²) in [5.41, 5.74) is -0.452. The number of dihydropyridines is 1. The quantitative estimate of drug-likeness (QED) is 0.627. The number of allylic oxidation sites excluding steroid dienone is 1. The maximum Gasteiger partial charge on any atom is 0.420 e. The first kappa shape index (κ1) is 17.8. The van der Waals surface area contributed by atoms with E-state index in [0.717, 1.165) is 4.90 Å². The highest BCUT2D eigenvalue weighted by atomic mass is 19.1. The molecule has 1 aliphatic heterocycles. The fourth-order valence-electron chi connectivity index (χ4n) is 2.04. The van der Waals surface area contributed by atoms with Gasteiger partial charge in [0, 0.05) is 6.21 Å². The van der Waals surface area contributed by atoms with Crippen molar-refractivity contribution in [2.24, 2.45) is 4.99 Å². The predicted octanol–water partition coefficient (Wildman–Crippen LogP) is 3.52. The number of pyridine rings is 1. The molecular formula is C17H20FN3O3. The van der Waals surface area contributed by atoms with E-state index in [0.29, 0.717) is 18.4 Å². The molecule has 1 atom stereocenters. The van der Waals surface area contributed by atoms with E-state index in [4.69, 9.17) is 4.74 Å². The Morgan fingerprint density at radius 1 is 1.42 bits per heavy atom. The first-order chi connectivity index (χ1) is 11.2. The molecular weight excluding hydrogens is 313 g/mol. The summed E-state index contributed by atoms with van der Waals surface area (Å²) in [4.78, 5) is 32.5. The predicted molar refractivity (Wildman–Crippen MR) is 88.9 cm³/mol. The number of halogens is 1. The number of rotatable bonds is 3. The smallest absolute Gasteiger partial charge is 0.420 e. The largest absolute Gasteiger partial charge is 0.443 e. The van der Waals surface area contributed by atoms with Gasteiger partial charge in [-0.2, -0.15) is 4.39 Å². The average molecular weight is 333 g/mol. The van der Waals surface area contributed by atoms with E-state index in [9.17, 15) is 14.0 Å². The first-order valence-electron chi connectivity index (χ1n) is 7.59. The molecule has 2 heterocycles. The highest BCUT2D eigenvalue weighted by molar-refractivity contribution is 6.00. The molecule has 7 heteroatoms. The van der Waals surface area contributed by atoms with Crippen LogP contribution in [0.1, 0.15) is 44.5 Å². The fourth-order valence-corrected chi connectivity index (χ4v) is 2.04. The Hall–Kier alpha value is -2.57. The van der Waals surface area contributed by atoms with E-state index in [1.807, 2.05) is 13.0 Å². The molecule has 1 amide bonds. The maximum atomic E-state index is 13.9. The second-order valence-corrected chi connectivity index (χ2v) is 6.47. The number of hydrogen-bond acceptors (Lipinski definition) is 5. The zero-order chi connectivity index (χ0) is 17.9. The minimum atomic E-state index is -0.947. The van der Waals surface area contributed by atoms with Crippen molar-refractivity contribution in [3.05, 3.63) is 35.4 Å². The number of nitrogens with zero attached hydrogens (tertiary/aromatic N) is 3. The van der Waals surface area contributed by atoms with E-state index >= 15 is 0 Å². The highest BCUT2D eigenvalue weighted by Gasteiger charge is 2.28. The lowest BCUT2D eigenvalue weighted by molar-refractivity contribution is 0.0593. The van der Waals surface area contributed by atoms with Crippen LogP contribution in [0.15, 0.2) is 28.9 Å². The zero-order valence-corrected chi connectivity index (χ0v) is 14.1. The highest BCUT2D eigenvalue weighted by Crippen LogP contribution is 2.23. The van der Waals surface area contributed by atoms with Crippen LogP contribution in [0.2, 0.25) is 0 Å². The van der Waals surface area contributed by atoms with Gasteiger partial charge in [0.15, 0.2) is 6.29 Å². The molecule has 1 unspecified atom stereocenters. The van der Waals surface area contributed by atoms with Crippen LogP contribution in [-0.4, -0.2) is 35.2 Å². The molecule has 0 N–H and O–H groups in total. The summed E-state index contributed by atoms with van der Waals surface area (Å²) in [6, 6.07) is 2.77. The zero-order valence-electron chi connectivity index (χ0n) is 14.1. The van der Waals surface area contributed by atoms with Crippen LogP contribution in [0, 0.1) is 5.95 Å². The molecule has 1 aliphatic rings. The second-order valence-electron chi connectivity index (χ2n) is 6.47. The van der Waals surface area contributed by atoms with Crippen LogP contribution in [0.5, 0.6) is 0 Å². The minimum Gasteiger partial charge on any atom is -0.443 e. The van der Waals surface area contributed by atoms with E-state index in [1.54, 1.807) is 20.8 Å². The number of amides is 1. The lowest BCUT2D eigenvalue weighted by Gasteiger charge is -2.28. The molecule has 0 spiro atoms. The monoisotopic (exact) mass is 333 g/mol.